The van der Waals surface area contributed by atoms with Gasteiger partial charge in [-0.3, -0.25) is 4.99 Å². The molecule has 1 aliphatic rings. The minimum atomic E-state index is -3.10. The Kier molecular flexibility index (Phi) is 8.62. The lowest BCUT2D eigenvalue weighted by Crippen LogP contribution is -2.43. The fraction of sp³-hybridized carbons (Fsp3) is 0.933. The average molecular weight is 397 g/mol. The van der Waals surface area contributed by atoms with E-state index in [0.717, 1.165) is 19.4 Å². The lowest BCUT2D eigenvalue weighted by Gasteiger charge is -2.29. The molecule has 8 nitrogen and oxygen atoms in total. The second-order valence-corrected chi connectivity index (χ2v) is 11.0. The number of hydrogen-bond donors (Lipinski definition) is 2. The van der Waals surface area contributed by atoms with Gasteiger partial charge in [0.1, 0.15) is 9.84 Å². The zero-order chi connectivity index (χ0) is 19.1. The Morgan fingerprint density at radius 3 is 2.28 bits per heavy atom. The third-order valence-corrected chi connectivity index (χ3v) is 6.48. The van der Waals surface area contributed by atoms with Crippen molar-refractivity contribution in [2.75, 3.05) is 44.4 Å². The third kappa shape index (κ3) is 9.41. The predicted octanol–water partition coefficient (Wildman–Crippen LogP) is 0.0363. The SMILES string of the molecule is CCNC(=NCC1CCN(S(C)(=O)=O)CC1)NC(C)CCS(C)(=O)=O. The molecule has 1 heterocycles. The van der Waals surface area contributed by atoms with Gasteiger partial charge >= 0.3 is 0 Å². The van der Waals surface area contributed by atoms with Crippen LogP contribution in [-0.4, -0.2) is 77.6 Å². The number of sulfone groups is 1. The quantitative estimate of drug-likeness (QED) is 0.443. The number of nitrogens with one attached hydrogen (secondary N) is 2. The van der Waals surface area contributed by atoms with Crippen LogP contribution < -0.4 is 10.6 Å². The summed E-state index contributed by atoms with van der Waals surface area (Å²) in [5.74, 6) is 1.18. The van der Waals surface area contributed by atoms with Crippen molar-refractivity contribution in [2.45, 2.75) is 39.2 Å². The molecule has 1 unspecified atom stereocenters. The molecule has 0 aliphatic carbocycles. The normalized spacial score (nSPS) is 19.6. The number of hydrogen-bond acceptors (Lipinski definition) is 5. The van der Waals surface area contributed by atoms with Gasteiger partial charge in [0, 0.05) is 38.5 Å². The molecule has 148 valence electrons. The fourth-order valence-corrected chi connectivity index (χ4v) is 4.32. The predicted molar refractivity (Wildman–Crippen MR) is 102 cm³/mol. The summed E-state index contributed by atoms with van der Waals surface area (Å²) in [6, 6.07) is -0.000364. The van der Waals surface area contributed by atoms with E-state index >= 15 is 0 Å². The first-order valence-electron chi connectivity index (χ1n) is 8.69. The van der Waals surface area contributed by atoms with E-state index in [4.69, 9.17) is 0 Å². The monoisotopic (exact) mass is 396 g/mol. The molecule has 0 aromatic rings. The third-order valence-electron chi connectivity index (χ3n) is 4.20. The van der Waals surface area contributed by atoms with Crippen molar-refractivity contribution < 1.29 is 16.8 Å². The van der Waals surface area contributed by atoms with Gasteiger partial charge < -0.3 is 10.6 Å². The van der Waals surface area contributed by atoms with Gasteiger partial charge in [-0.2, -0.15) is 0 Å². The Labute approximate surface area is 152 Å². The van der Waals surface area contributed by atoms with Crippen LogP contribution in [0.3, 0.4) is 0 Å². The highest BCUT2D eigenvalue weighted by Crippen LogP contribution is 2.19. The highest BCUT2D eigenvalue weighted by atomic mass is 32.2. The first-order valence-corrected chi connectivity index (χ1v) is 12.6. The lowest BCUT2D eigenvalue weighted by atomic mass is 9.98. The van der Waals surface area contributed by atoms with Crippen molar-refractivity contribution >= 4 is 25.8 Å². The maximum Gasteiger partial charge on any atom is 0.211 e. The molecule has 0 saturated carbocycles. The summed E-state index contributed by atoms with van der Waals surface area (Å²) in [5, 5.41) is 6.40. The van der Waals surface area contributed by atoms with Crippen molar-refractivity contribution in [1.29, 1.82) is 0 Å². The molecule has 0 bridgehead atoms. The maximum absolute atomic E-state index is 11.5. The van der Waals surface area contributed by atoms with Crippen LogP contribution in [-0.2, 0) is 19.9 Å². The fourth-order valence-electron chi connectivity index (χ4n) is 2.66. The molecule has 0 amide bonds. The van der Waals surface area contributed by atoms with Gasteiger partial charge in [-0.1, -0.05) is 0 Å². The van der Waals surface area contributed by atoms with E-state index in [-0.39, 0.29) is 11.8 Å². The van der Waals surface area contributed by atoms with Crippen LogP contribution in [0, 0.1) is 5.92 Å². The summed E-state index contributed by atoms with van der Waals surface area (Å²) in [7, 11) is -6.07. The Morgan fingerprint density at radius 2 is 1.80 bits per heavy atom. The van der Waals surface area contributed by atoms with E-state index in [1.54, 1.807) is 0 Å². The number of aliphatic imine (C=N–C) groups is 1. The highest BCUT2D eigenvalue weighted by Gasteiger charge is 2.24. The number of guanidine groups is 1. The summed E-state index contributed by atoms with van der Waals surface area (Å²) in [6.45, 7) is 6.36. The van der Waals surface area contributed by atoms with E-state index in [2.05, 4.69) is 15.6 Å². The van der Waals surface area contributed by atoms with Crippen LogP contribution in [0.5, 0.6) is 0 Å². The van der Waals surface area contributed by atoms with Gasteiger partial charge in [0.25, 0.3) is 0 Å². The van der Waals surface area contributed by atoms with E-state index in [9.17, 15) is 16.8 Å². The molecule has 10 heteroatoms. The zero-order valence-electron chi connectivity index (χ0n) is 15.7. The molecule has 0 spiro atoms. The van der Waals surface area contributed by atoms with Crippen LogP contribution in [0.4, 0.5) is 0 Å². The summed E-state index contributed by atoms with van der Waals surface area (Å²) in [5.41, 5.74) is 0. The number of sulfonamides is 1. The number of piperidine rings is 1. The summed E-state index contributed by atoms with van der Waals surface area (Å²) in [6.07, 6.45) is 4.62. The topological polar surface area (TPSA) is 108 Å². The molecule has 1 aliphatic heterocycles. The van der Waals surface area contributed by atoms with Gasteiger partial charge in [-0.15, -0.1) is 0 Å². The Bertz CT molecular complexity index is 638. The van der Waals surface area contributed by atoms with Crippen LogP contribution >= 0.6 is 0 Å². The highest BCUT2D eigenvalue weighted by molar-refractivity contribution is 7.90. The Morgan fingerprint density at radius 1 is 1.20 bits per heavy atom. The van der Waals surface area contributed by atoms with Crippen molar-refractivity contribution in [3.8, 4) is 0 Å². The lowest BCUT2D eigenvalue weighted by molar-refractivity contribution is 0.280. The standard InChI is InChI=1S/C15H32N4O4S2/c1-5-16-15(18-13(2)8-11-24(3,20)21)17-12-14-6-9-19(10-7-14)25(4,22)23/h13-14H,5-12H2,1-4H3,(H2,16,17,18). The van der Waals surface area contributed by atoms with E-state index in [1.807, 2.05) is 13.8 Å². The number of nitrogens with zero attached hydrogens (tertiary/aromatic N) is 2. The van der Waals surface area contributed by atoms with Crippen molar-refractivity contribution in [3.63, 3.8) is 0 Å². The molecule has 0 aromatic carbocycles. The zero-order valence-corrected chi connectivity index (χ0v) is 17.3. The van der Waals surface area contributed by atoms with Crippen LogP contribution in [0.25, 0.3) is 0 Å². The van der Waals surface area contributed by atoms with Gasteiger partial charge in [-0.25, -0.2) is 21.1 Å². The minimum Gasteiger partial charge on any atom is -0.357 e. The number of rotatable bonds is 8. The molecule has 0 radical (unpaired) electrons. The van der Waals surface area contributed by atoms with Crippen LogP contribution in [0.1, 0.15) is 33.1 Å². The minimum absolute atomic E-state index is 0.000364. The van der Waals surface area contributed by atoms with Crippen molar-refractivity contribution in [3.05, 3.63) is 0 Å². The van der Waals surface area contributed by atoms with E-state index in [0.29, 0.717) is 37.9 Å². The molecular formula is C15H32N4O4S2. The first kappa shape index (κ1) is 22.2. The van der Waals surface area contributed by atoms with Crippen molar-refractivity contribution in [1.82, 2.24) is 14.9 Å². The van der Waals surface area contributed by atoms with Gasteiger partial charge in [0.05, 0.1) is 12.0 Å². The largest absolute Gasteiger partial charge is 0.357 e. The summed E-state index contributed by atoms with van der Waals surface area (Å²) in [4.78, 5) is 4.59. The second-order valence-electron chi connectivity index (χ2n) is 6.79. The molecule has 0 aromatic heterocycles. The van der Waals surface area contributed by atoms with Crippen molar-refractivity contribution in [2.24, 2.45) is 10.9 Å². The molecule has 1 saturated heterocycles. The molecule has 2 N–H and O–H groups in total. The molecule has 1 fully saturated rings. The van der Waals surface area contributed by atoms with Gasteiger partial charge in [0.15, 0.2) is 5.96 Å². The first-order chi connectivity index (χ1) is 11.5. The van der Waals surface area contributed by atoms with E-state index in [1.165, 1.54) is 16.8 Å². The second kappa shape index (κ2) is 9.72. The smallest absolute Gasteiger partial charge is 0.211 e. The molecule has 1 atom stereocenters. The summed E-state index contributed by atoms with van der Waals surface area (Å²) < 4.78 is 47.1. The van der Waals surface area contributed by atoms with Crippen LogP contribution in [0.15, 0.2) is 4.99 Å². The molecule has 25 heavy (non-hydrogen) atoms. The van der Waals surface area contributed by atoms with Gasteiger partial charge in [-0.05, 0) is 39.0 Å². The van der Waals surface area contributed by atoms with Crippen LogP contribution in [0.2, 0.25) is 0 Å². The van der Waals surface area contributed by atoms with Gasteiger partial charge in [0.2, 0.25) is 10.0 Å². The summed E-state index contributed by atoms with van der Waals surface area (Å²) >= 11 is 0. The Balaban J connectivity index is 2.50. The Hall–Kier alpha value is -0.870. The maximum atomic E-state index is 11.5. The molecular weight excluding hydrogens is 364 g/mol. The average Bonchev–Trinajstić information content (AvgIpc) is 2.50. The molecule has 1 rings (SSSR count). The van der Waals surface area contributed by atoms with E-state index < -0.39 is 19.9 Å².